The zero-order chi connectivity index (χ0) is 56.4. The lowest BCUT2D eigenvalue weighted by Crippen LogP contribution is -2.30. The van der Waals surface area contributed by atoms with Crippen LogP contribution in [0, 0.1) is 0 Å². The van der Waals surface area contributed by atoms with E-state index >= 15 is 0 Å². The number of hydrogen-bond acceptors (Lipinski definition) is 6. The lowest BCUT2D eigenvalue weighted by atomic mass is 10.0. The van der Waals surface area contributed by atoms with E-state index in [-0.39, 0.29) is 31.1 Å². The summed E-state index contributed by atoms with van der Waals surface area (Å²) in [6.07, 6.45) is 83.3. The van der Waals surface area contributed by atoms with Gasteiger partial charge >= 0.3 is 17.9 Å². The average molecular weight is 1100 g/mol. The Kier molecular flexibility index (Phi) is 65.1. The maximum Gasteiger partial charge on any atom is 0.306 e. The van der Waals surface area contributed by atoms with Crippen molar-refractivity contribution in [2.24, 2.45) is 0 Å². The first-order valence-corrected chi connectivity index (χ1v) is 35.0. The maximum atomic E-state index is 12.9. The Balaban J connectivity index is 4.15. The summed E-state index contributed by atoms with van der Waals surface area (Å²) in [6.45, 7) is 6.64. The van der Waals surface area contributed by atoms with E-state index in [1.165, 1.54) is 276 Å². The Hall–Kier alpha value is -2.37. The Morgan fingerprint density at radius 2 is 0.449 bits per heavy atom. The minimum Gasteiger partial charge on any atom is -0.462 e. The molecule has 0 fully saturated rings. The lowest BCUT2D eigenvalue weighted by molar-refractivity contribution is -0.167. The van der Waals surface area contributed by atoms with Gasteiger partial charge in [0.25, 0.3) is 0 Å². The number of allylic oxidation sites excluding steroid dienone is 6. The van der Waals surface area contributed by atoms with Gasteiger partial charge in [-0.1, -0.05) is 314 Å². The molecule has 0 rings (SSSR count). The van der Waals surface area contributed by atoms with Crippen LogP contribution < -0.4 is 0 Å². The molecule has 0 aliphatic heterocycles. The van der Waals surface area contributed by atoms with Crippen LogP contribution in [0.3, 0.4) is 0 Å². The summed E-state index contributed by atoms with van der Waals surface area (Å²) < 4.78 is 16.9. The monoisotopic (exact) mass is 1100 g/mol. The number of rotatable bonds is 65. The molecule has 0 bridgehead atoms. The van der Waals surface area contributed by atoms with Crippen LogP contribution in [-0.4, -0.2) is 37.2 Å². The van der Waals surface area contributed by atoms with Crippen molar-refractivity contribution in [2.45, 2.75) is 393 Å². The molecule has 458 valence electrons. The van der Waals surface area contributed by atoms with Gasteiger partial charge in [-0.3, -0.25) is 14.4 Å². The second-order valence-electron chi connectivity index (χ2n) is 23.8. The second-order valence-corrected chi connectivity index (χ2v) is 23.8. The van der Waals surface area contributed by atoms with Crippen molar-refractivity contribution in [1.82, 2.24) is 0 Å². The summed E-state index contributed by atoms with van der Waals surface area (Å²) in [5, 5.41) is 0. The third-order valence-electron chi connectivity index (χ3n) is 15.8. The van der Waals surface area contributed by atoms with Gasteiger partial charge in [-0.05, 0) is 89.9 Å². The first kappa shape index (κ1) is 75.6. The highest BCUT2D eigenvalue weighted by atomic mass is 16.6. The molecule has 0 N–H and O–H groups in total. The van der Waals surface area contributed by atoms with Crippen LogP contribution in [0.2, 0.25) is 0 Å². The summed E-state index contributed by atoms with van der Waals surface area (Å²) in [7, 11) is 0. The highest BCUT2D eigenvalue weighted by molar-refractivity contribution is 5.71. The first-order chi connectivity index (χ1) is 38.5. The number of unbranched alkanes of at least 4 members (excludes halogenated alkanes) is 48. The van der Waals surface area contributed by atoms with Crippen molar-refractivity contribution < 1.29 is 28.6 Å². The predicted octanol–water partition coefficient (Wildman–Crippen LogP) is 23.9. The molecule has 0 spiro atoms. The van der Waals surface area contributed by atoms with Crippen LogP contribution >= 0.6 is 0 Å². The summed E-state index contributed by atoms with van der Waals surface area (Å²) in [5.41, 5.74) is 0. The van der Waals surface area contributed by atoms with E-state index < -0.39 is 6.10 Å². The van der Waals surface area contributed by atoms with Gasteiger partial charge in [-0.25, -0.2) is 0 Å². The molecule has 78 heavy (non-hydrogen) atoms. The maximum absolute atomic E-state index is 12.9. The topological polar surface area (TPSA) is 78.9 Å². The minimum atomic E-state index is -0.774. The summed E-state index contributed by atoms with van der Waals surface area (Å²) in [4.78, 5) is 38.3. The van der Waals surface area contributed by atoms with Gasteiger partial charge in [0.1, 0.15) is 13.2 Å². The van der Waals surface area contributed by atoms with E-state index in [4.69, 9.17) is 14.2 Å². The van der Waals surface area contributed by atoms with Gasteiger partial charge in [0.05, 0.1) is 0 Å². The molecule has 0 saturated carbocycles. The average Bonchev–Trinajstić information content (AvgIpc) is 3.44. The molecule has 6 heteroatoms. The molecule has 0 saturated heterocycles. The summed E-state index contributed by atoms with van der Waals surface area (Å²) in [6, 6.07) is 0. The van der Waals surface area contributed by atoms with E-state index in [9.17, 15) is 14.4 Å². The van der Waals surface area contributed by atoms with E-state index in [1.54, 1.807) is 0 Å². The van der Waals surface area contributed by atoms with Crippen LogP contribution in [0.5, 0.6) is 0 Å². The Morgan fingerprint density at radius 3 is 0.692 bits per heavy atom. The smallest absolute Gasteiger partial charge is 0.306 e. The molecule has 0 heterocycles. The van der Waals surface area contributed by atoms with Gasteiger partial charge in [0.2, 0.25) is 0 Å². The van der Waals surface area contributed by atoms with E-state index in [1.807, 2.05) is 0 Å². The highest BCUT2D eigenvalue weighted by Crippen LogP contribution is 2.18. The van der Waals surface area contributed by atoms with Gasteiger partial charge in [-0.15, -0.1) is 0 Å². The van der Waals surface area contributed by atoms with Gasteiger partial charge < -0.3 is 14.2 Å². The van der Waals surface area contributed by atoms with Crippen molar-refractivity contribution in [2.75, 3.05) is 13.2 Å². The first-order valence-electron chi connectivity index (χ1n) is 35.0. The molecule has 0 aliphatic carbocycles. The number of carbonyl (C=O) groups is 3. The van der Waals surface area contributed by atoms with Crippen LogP contribution in [0.1, 0.15) is 387 Å². The minimum absolute atomic E-state index is 0.0710. The molecule has 6 nitrogen and oxygen atoms in total. The Labute approximate surface area is 486 Å². The number of carbonyl (C=O) groups excluding carboxylic acids is 3. The highest BCUT2D eigenvalue weighted by Gasteiger charge is 2.19. The molecule has 0 aromatic heterocycles. The van der Waals surface area contributed by atoms with E-state index in [0.717, 1.165) is 70.6 Å². The molecular formula is C72H134O6. The van der Waals surface area contributed by atoms with Gasteiger partial charge in [0, 0.05) is 19.3 Å². The normalized spacial score (nSPS) is 12.2. The summed E-state index contributed by atoms with van der Waals surface area (Å²) >= 11 is 0. The standard InChI is InChI=1S/C72H134O6/c1-4-7-10-13-16-19-22-24-26-28-30-32-34-36-38-40-42-44-46-48-50-53-56-59-62-65-71(74)77-68-69(67-76-70(73)64-61-58-55-52-21-18-15-12-9-6-3)78-72(75)66-63-60-57-54-51-49-47-45-43-41-39-37-35-33-31-29-27-25-23-20-17-14-11-8-5-2/h12,15,28-31,69H,4-11,13-14,16-27,32-68H2,1-3H3/b15-12-,30-28-,31-29-. The van der Waals surface area contributed by atoms with Crippen LogP contribution in [0.4, 0.5) is 0 Å². The molecule has 0 radical (unpaired) electrons. The largest absolute Gasteiger partial charge is 0.462 e. The van der Waals surface area contributed by atoms with E-state index in [2.05, 4.69) is 57.2 Å². The molecule has 0 aromatic carbocycles. The number of esters is 3. The molecule has 0 aromatic rings. The van der Waals surface area contributed by atoms with Crippen molar-refractivity contribution in [3.05, 3.63) is 36.5 Å². The number of ether oxygens (including phenoxy) is 3. The summed E-state index contributed by atoms with van der Waals surface area (Å²) in [5.74, 6) is -0.858. The quantitative estimate of drug-likeness (QED) is 0.0261. The van der Waals surface area contributed by atoms with Crippen molar-refractivity contribution in [3.8, 4) is 0 Å². The molecular weight excluding hydrogens is 961 g/mol. The Bertz CT molecular complexity index is 1300. The second kappa shape index (κ2) is 67.1. The van der Waals surface area contributed by atoms with Crippen LogP contribution in [0.25, 0.3) is 0 Å². The fourth-order valence-electron chi connectivity index (χ4n) is 10.6. The van der Waals surface area contributed by atoms with Crippen molar-refractivity contribution in [3.63, 3.8) is 0 Å². The zero-order valence-corrected chi connectivity index (χ0v) is 52.7. The fraction of sp³-hybridized carbons (Fsp3) is 0.875. The molecule has 1 unspecified atom stereocenters. The van der Waals surface area contributed by atoms with Crippen LogP contribution in [0.15, 0.2) is 36.5 Å². The zero-order valence-electron chi connectivity index (χ0n) is 52.7. The molecule has 0 amide bonds. The van der Waals surface area contributed by atoms with Crippen LogP contribution in [-0.2, 0) is 28.6 Å². The predicted molar refractivity (Wildman–Crippen MR) is 339 cm³/mol. The third-order valence-corrected chi connectivity index (χ3v) is 15.8. The van der Waals surface area contributed by atoms with Crippen molar-refractivity contribution in [1.29, 1.82) is 0 Å². The number of hydrogen-bond donors (Lipinski definition) is 0. The molecule has 1 atom stereocenters. The lowest BCUT2D eigenvalue weighted by Gasteiger charge is -2.18. The molecule has 0 aliphatic rings. The SMILES string of the molecule is CCC/C=C\CCCCCCCC(=O)OCC(COC(=O)CCCCCCCCCCCCCCC/C=C\CCCCCCCCCC)OC(=O)CCCCCCCCCCCCCCC/C=C\CCCCCCCCCC. The van der Waals surface area contributed by atoms with Gasteiger partial charge in [-0.2, -0.15) is 0 Å². The van der Waals surface area contributed by atoms with Gasteiger partial charge in [0.15, 0.2) is 6.10 Å². The fourth-order valence-corrected chi connectivity index (χ4v) is 10.6. The van der Waals surface area contributed by atoms with E-state index in [0.29, 0.717) is 19.3 Å². The Morgan fingerprint density at radius 1 is 0.244 bits per heavy atom. The third kappa shape index (κ3) is 64.5. The van der Waals surface area contributed by atoms with Crippen molar-refractivity contribution >= 4 is 17.9 Å².